The highest BCUT2D eigenvalue weighted by atomic mass is 35.5. The van der Waals surface area contributed by atoms with Crippen LogP contribution in [0.5, 0.6) is 0 Å². The summed E-state index contributed by atoms with van der Waals surface area (Å²) in [6.45, 7) is 6.19. The zero-order valence-corrected chi connectivity index (χ0v) is 16.8. The first-order valence-corrected chi connectivity index (χ1v) is 9.74. The van der Waals surface area contributed by atoms with Crippen LogP contribution in [0.25, 0.3) is 0 Å². The van der Waals surface area contributed by atoms with Crippen LogP contribution in [0, 0.1) is 11.8 Å². The Morgan fingerprint density at radius 1 is 1.26 bits per heavy atom. The number of carbonyl (C=O) groups excluding carboxylic acids is 2. The van der Waals surface area contributed by atoms with Crippen LogP contribution in [-0.4, -0.2) is 38.0 Å². The van der Waals surface area contributed by atoms with Gasteiger partial charge in [-0.05, 0) is 68.8 Å². The van der Waals surface area contributed by atoms with Gasteiger partial charge in [0, 0.05) is 25.1 Å². The van der Waals surface area contributed by atoms with Gasteiger partial charge in [-0.15, -0.1) is 12.4 Å². The molecule has 6 nitrogen and oxygen atoms in total. The predicted octanol–water partition coefficient (Wildman–Crippen LogP) is 2.77. The van der Waals surface area contributed by atoms with Crippen LogP contribution < -0.4 is 21.3 Å². The number of nitrogens with two attached hydrogens (primary N) is 1. The topological polar surface area (TPSA) is 87.5 Å². The number of hydrogen-bond acceptors (Lipinski definition) is 4. The minimum Gasteiger partial charge on any atom is -0.370 e. The zero-order chi connectivity index (χ0) is 18.5. The average molecular weight is 395 g/mol. The van der Waals surface area contributed by atoms with Crippen molar-refractivity contribution >= 4 is 35.6 Å². The second kappa shape index (κ2) is 9.95. The fourth-order valence-electron chi connectivity index (χ4n) is 4.10. The van der Waals surface area contributed by atoms with Crippen molar-refractivity contribution in [2.24, 2.45) is 17.6 Å². The first-order chi connectivity index (χ1) is 12.5. The lowest BCUT2D eigenvalue weighted by Crippen LogP contribution is -2.32. The number of amides is 2. The summed E-state index contributed by atoms with van der Waals surface area (Å²) in [6.07, 6.45) is 5.07. The summed E-state index contributed by atoms with van der Waals surface area (Å²) in [7, 11) is 0. The van der Waals surface area contributed by atoms with Crippen LogP contribution in [0.3, 0.4) is 0 Å². The molecule has 4 N–H and O–H groups in total. The summed E-state index contributed by atoms with van der Waals surface area (Å²) in [6, 6.07) is 5.35. The number of nitrogens with zero attached hydrogens (tertiary/aromatic N) is 1. The molecule has 27 heavy (non-hydrogen) atoms. The molecule has 0 saturated carbocycles. The molecule has 1 aromatic carbocycles. The minimum atomic E-state index is -0.475. The molecule has 2 fully saturated rings. The van der Waals surface area contributed by atoms with E-state index in [1.165, 1.54) is 0 Å². The van der Waals surface area contributed by atoms with E-state index in [-0.39, 0.29) is 18.3 Å². The monoisotopic (exact) mass is 394 g/mol. The molecule has 2 saturated heterocycles. The van der Waals surface area contributed by atoms with E-state index in [2.05, 4.69) is 22.5 Å². The largest absolute Gasteiger partial charge is 0.370 e. The molecule has 7 heteroatoms. The van der Waals surface area contributed by atoms with Crippen LogP contribution in [0.2, 0.25) is 0 Å². The Morgan fingerprint density at radius 2 is 1.93 bits per heavy atom. The van der Waals surface area contributed by atoms with Crippen molar-refractivity contribution < 1.29 is 9.59 Å². The van der Waals surface area contributed by atoms with Gasteiger partial charge in [-0.25, -0.2) is 0 Å². The van der Waals surface area contributed by atoms with Gasteiger partial charge >= 0.3 is 0 Å². The number of carbonyl (C=O) groups is 2. The Hall–Kier alpha value is -1.79. The summed E-state index contributed by atoms with van der Waals surface area (Å²) in [5, 5.41) is 6.42. The summed E-state index contributed by atoms with van der Waals surface area (Å²) < 4.78 is 0. The molecule has 0 aliphatic carbocycles. The van der Waals surface area contributed by atoms with E-state index in [4.69, 9.17) is 5.73 Å². The lowest BCUT2D eigenvalue weighted by Gasteiger charge is -2.28. The summed E-state index contributed by atoms with van der Waals surface area (Å²) in [4.78, 5) is 26.5. The van der Waals surface area contributed by atoms with Gasteiger partial charge in [-0.1, -0.05) is 6.92 Å². The van der Waals surface area contributed by atoms with Gasteiger partial charge in [0.05, 0.1) is 11.4 Å². The zero-order valence-electron chi connectivity index (χ0n) is 16.0. The highest BCUT2D eigenvalue weighted by Gasteiger charge is 2.23. The molecule has 2 amide bonds. The molecule has 2 heterocycles. The molecule has 2 aliphatic heterocycles. The highest BCUT2D eigenvalue weighted by molar-refractivity contribution is 5.99. The van der Waals surface area contributed by atoms with Crippen LogP contribution in [0.1, 0.15) is 49.4 Å². The first-order valence-electron chi connectivity index (χ1n) is 9.74. The van der Waals surface area contributed by atoms with Crippen molar-refractivity contribution in [3.8, 4) is 0 Å². The van der Waals surface area contributed by atoms with Crippen LogP contribution in [0.15, 0.2) is 18.2 Å². The van der Waals surface area contributed by atoms with E-state index in [1.54, 1.807) is 12.1 Å². The third-order valence-electron chi connectivity index (χ3n) is 5.70. The Kier molecular flexibility index (Phi) is 7.92. The molecular formula is C20H31ClN4O2. The van der Waals surface area contributed by atoms with Gasteiger partial charge in [-0.3, -0.25) is 9.59 Å². The van der Waals surface area contributed by atoms with Crippen molar-refractivity contribution in [1.29, 1.82) is 0 Å². The molecule has 150 valence electrons. The van der Waals surface area contributed by atoms with Crippen LogP contribution >= 0.6 is 12.4 Å². The highest BCUT2D eigenvalue weighted by Crippen LogP contribution is 2.31. The first kappa shape index (κ1) is 21.5. The van der Waals surface area contributed by atoms with Gasteiger partial charge in [0.1, 0.15) is 0 Å². The third-order valence-corrected chi connectivity index (χ3v) is 5.70. The SMILES string of the molecule is CC(CC(=O)Nc1cc(C(N)=O)ccc1N1CCCC1)C1CCNCC1.Cl. The predicted molar refractivity (Wildman–Crippen MR) is 112 cm³/mol. The van der Waals surface area contributed by atoms with E-state index < -0.39 is 5.91 Å². The number of halogens is 1. The van der Waals surface area contributed by atoms with Gasteiger partial charge < -0.3 is 21.3 Å². The maximum absolute atomic E-state index is 12.7. The number of nitrogens with one attached hydrogen (secondary N) is 2. The van der Waals surface area contributed by atoms with Crippen LogP contribution in [-0.2, 0) is 4.79 Å². The fourth-order valence-corrected chi connectivity index (χ4v) is 4.10. The van der Waals surface area contributed by atoms with Crippen molar-refractivity contribution in [3.63, 3.8) is 0 Å². The smallest absolute Gasteiger partial charge is 0.248 e. The Labute approximate surface area is 167 Å². The lowest BCUT2D eigenvalue weighted by molar-refractivity contribution is -0.117. The molecule has 1 aromatic rings. The Balaban J connectivity index is 0.00000261. The molecule has 0 spiro atoms. The maximum Gasteiger partial charge on any atom is 0.248 e. The van der Waals surface area contributed by atoms with E-state index in [1.807, 2.05) is 6.07 Å². The van der Waals surface area contributed by atoms with Crippen molar-refractivity contribution in [2.45, 2.75) is 39.0 Å². The van der Waals surface area contributed by atoms with Gasteiger partial charge in [0.2, 0.25) is 11.8 Å². The lowest BCUT2D eigenvalue weighted by atomic mass is 9.84. The normalized spacial score (nSPS) is 18.6. The average Bonchev–Trinajstić information content (AvgIpc) is 3.16. The van der Waals surface area contributed by atoms with Crippen molar-refractivity contribution in [2.75, 3.05) is 36.4 Å². The Bertz CT molecular complexity index is 655. The fraction of sp³-hybridized carbons (Fsp3) is 0.600. The minimum absolute atomic E-state index is 0. The summed E-state index contributed by atoms with van der Waals surface area (Å²) in [5.74, 6) is 0.485. The molecule has 1 atom stereocenters. The van der Waals surface area contributed by atoms with Crippen molar-refractivity contribution in [1.82, 2.24) is 5.32 Å². The van der Waals surface area contributed by atoms with E-state index in [0.717, 1.165) is 57.5 Å². The number of piperidine rings is 1. The van der Waals surface area contributed by atoms with Crippen LogP contribution in [0.4, 0.5) is 11.4 Å². The molecule has 2 aliphatic rings. The molecule has 0 radical (unpaired) electrons. The molecule has 0 aromatic heterocycles. The van der Waals surface area contributed by atoms with Gasteiger partial charge in [0.15, 0.2) is 0 Å². The van der Waals surface area contributed by atoms with E-state index >= 15 is 0 Å². The molecular weight excluding hydrogens is 364 g/mol. The number of hydrogen-bond donors (Lipinski definition) is 3. The summed E-state index contributed by atoms with van der Waals surface area (Å²) >= 11 is 0. The molecule has 3 rings (SSSR count). The number of benzene rings is 1. The standard InChI is InChI=1S/C20H30N4O2.ClH/c1-14(15-6-8-22-9-7-15)12-19(25)23-17-13-16(20(21)26)4-5-18(17)24-10-2-3-11-24;/h4-5,13-15,22H,2-3,6-12H2,1H3,(H2,21,26)(H,23,25);1H. The molecule has 1 unspecified atom stereocenters. The van der Waals surface area contributed by atoms with Gasteiger partial charge in [-0.2, -0.15) is 0 Å². The third kappa shape index (κ3) is 5.59. The molecule has 0 bridgehead atoms. The van der Waals surface area contributed by atoms with Gasteiger partial charge in [0.25, 0.3) is 0 Å². The quantitative estimate of drug-likeness (QED) is 0.692. The number of rotatable bonds is 6. The van der Waals surface area contributed by atoms with E-state index in [9.17, 15) is 9.59 Å². The Morgan fingerprint density at radius 3 is 2.56 bits per heavy atom. The second-order valence-electron chi connectivity index (χ2n) is 7.61. The maximum atomic E-state index is 12.7. The van der Waals surface area contributed by atoms with Crippen molar-refractivity contribution in [3.05, 3.63) is 23.8 Å². The number of anilines is 2. The summed E-state index contributed by atoms with van der Waals surface area (Å²) in [5.41, 5.74) is 7.53. The second-order valence-corrected chi connectivity index (χ2v) is 7.61. The van der Waals surface area contributed by atoms with E-state index in [0.29, 0.717) is 29.5 Å². The number of primary amides is 1.